The number of nitrogens with zero attached hydrogens (tertiary/aromatic N) is 1. The van der Waals surface area contributed by atoms with Gasteiger partial charge in [-0.3, -0.25) is 9.59 Å². The molecule has 0 atom stereocenters. The molecule has 2 rings (SSSR count). The maximum absolute atomic E-state index is 11.9. The van der Waals surface area contributed by atoms with Crippen molar-refractivity contribution in [2.45, 2.75) is 19.3 Å². The highest BCUT2D eigenvalue weighted by molar-refractivity contribution is 5.97. The summed E-state index contributed by atoms with van der Waals surface area (Å²) in [7, 11) is 2.04. The van der Waals surface area contributed by atoms with Crippen molar-refractivity contribution in [3.05, 3.63) is 66.2 Å². The molecule has 0 heterocycles. The second kappa shape index (κ2) is 9.50. The predicted octanol–water partition coefficient (Wildman–Crippen LogP) is 3.29. The smallest absolute Gasteiger partial charge is 0.220 e. The van der Waals surface area contributed by atoms with Crippen LogP contribution in [-0.2, 0) is 4.79 Å². The highest BCUT2D eigenvalue weighted by atomic mass is 16.2. The van der Waals surface area contributed by atoms with Crippen LogP contribution < -0.4 is 10.2 Å². The van der Waals surface area contributed by atoms with Crippen molar-refractivity contribution < 1.29 is 9.59 Å². The summed E-state index contributed by atoms with van der Waals surface area (Å²) in [6.07, 6.45) is 1.35. The van der Waals surface area contributed by atoms with E-state index in [9.17, 15) is 9.59 Å². The third-order valence-corrected chi connectivity index (χ3v) is 3.86. The Morgan fingerprint density at radius 3 is 2.21 bits per heavy atom. The molecule has 0 aliphatic rings. The van der Waals surface area contributed by atoms with Gasteiger partial charge < -0.3 is 10.2 Å². The number of Topliss-reactive ketones (excluding diaryl/α,β-unsaturated/α-hetero) is 1. The Balaban J connectivity index is 1.61. The zero-order valence-electron chi connectivity index (χ0n) is 14.1. The van der Waals surface area contributed by atoms with E-state index in [4.69, 9.17) is 0 Å². The van der Waals surface area contributed by atoms with Gasteiger partial charge in [-0.05, 0) is 18.6 Å². The van der Waals surface area contributed by atoms with Crippen molar-refractivity contribution in [3.8, 4) is 0 Å². The Morgan fingerprint density at radius 2 is 1.54 bits per heavy atom. The summed E-state index contributed by atoms with van der Waals surface area (Å²) in [5.74, 6) is -0.0591. The van der Waals surface area contributed by atoms with E-state index in [0.717, 1.165) is 18.7 Å². The summed E-state index contributed by atoms with van der Waals surface area (Å²) in [6.45, 7) is 1.49. The van der Waals surface area contributed by atoms with Gasteiger partial charge in [-0.1, -0.05) is 48.5 Å². The maximum atomic E-state index is 11.9. The van der Waals surface area contributed by atoms with E-state index in [1.165, 1.54) is 0 Å². The number of nitrogens with one attached hydrogen (secondary N) is 1. The van der Waals surface area contributed by atoms with Gasteiger partial charge in [0.15, 0.2) is 5.78 Å². The second-order valence-corrected chi connectivity index (χ2v) is 5.75. The Bertz CT molecular complexity index is 641. The summed E-state index contributed by atoms with van der Waals surface area (Å²) in [5.41, 5.74) is 1.83. The quantitative estimate of drug-likeness (QED) is 0.569. The lowest BCUT2D eigenvalue weighted by Gasteiger charge is -2.19. The number of carbonyl (C=O) groups excluding carboxylic acids is 2. The van der Waals surface area contributed by atoms with Crippen molar-refractivity contribution in [3.63, 3.8) is 0 Å². The van der Waals surface area contributed by atoms with Crippen molar-refractivity contribution in [2.24, 2.45) is 0 Å². The van der Waals surface area contributed by atoms with Gasteiger partial charge in [0.25, 0.3) is 0 Å². The third-order valence-electron chi connectivity index (χ3n) is 3.86. The molecule has 1 amide bonds. The number of anilines is 1. The van der Waals surface area contributed by atoms with Gasteiger partial charge in [0.2, 0.25) is 5.91 Å². The molecule has 1 N–H and O–H groups in total. The summed E-state index contributed by atoms with van der Waals surface area (Å²) in [6, 6.07) is 19.2. The largest absolute Gasteiger partial charge is 0.375 e. The van der Waals surface area contributed by atoms with E-state index < -0.39 is 0 Å². The van der Waals surface area contributed by atoms with Crippen LogP contribution in [0.25, 0.3) is 0 Å². The molecule has 0 aromatic heterocycles. The van der Waals surface area contributed by atoms with Crippen molar-refractivity contribution in [2.75, 3.05) is 25.0 Å². The SMILES string of the molecule is CN(CCCNC(=O)CCC(=O)c1ccccc1)c1ccccc1. The van der Waals surface area contributed by atoms with Crippen LogP contribution in [0, 0.1) is 0 Å². The summed E-state index contributed by atoms with van der Waals surface area (Å²) >= 11 is 0. The molecule has 0 saturated heterocycles. The van der Waals surface area contributed by atoms with Crippen LogP contribution in [0.5, 0.6) is 0 Å². The molecule has 0 spiro atoms. The lowest BCUT2D eigenvalue weighted by Crippen LogP contribution is -2.28. The van der Waals surface area contributed by atoms with Crippen molar-refractivity contribution in [1.29, 1.82) is 0 Å². The number of amides is 1. The summed E-state index contributed by atoms with van der Waals surface area (Å²) < 4.78 is 0. The van der Waals surface area contributed by atoms with Crippen LogP contribution >= 0.6 is 0 Å². The van der Waals surface area contributed by atoms with Gasteiger partial charge in [0.05, 0.1) is 0 Å². The van der Waals surface area contributed by atoms with Gasteiger partial charge in [-0.25, -0.2) is 0 Å². The molecule has 0 unspecified atom stereocenters. The molecule has 4 heteroatoms. The number of para-hydroxylation sites is 1. The Labute approximate surface area is 143 Å². The lowest BCUT2D eigenvalue weighted by molar-refractivity contribution is -0.121. The zero-order valence-corrected chi connectivity index (χ0v) is 14.1. The van der Waals surface area contributed by atoms with Crippen LogP contribution in [0.4, 0.5) is 5.69 Å². The summed E-state index contributed by atoms with van der Waals surface area (Å²) in [5, 5.41) is 2.88. The van der Waals surface area contributed by atoms with E-state index in [1.807, 2.05) is 43.4 Å². The minimum Gasteiger partial charge on any atom is -0.375 e. The average Bonchev–Trinajstić information content (AvgIpc) is 2.64. The Morgan fingerprint density at radius 1 is 0.917 bits per heavy atom. The van der Waals surface area contributed by atoms with Gasteiger partial charge in [-0.15, -0.1) is 0 Å². The number of carbonyl (C=O) groups is 2. The highest BCUT2D eigenvalue weighted by Gasteiger charge is 2.08. The minimum atomic E-state index is -0.0679. The number of hydrogen-bond acceptors (Lipinski definition) is 3. The number of benzene rings is 2. The number of hydrogen-bond donors (Lipinski definition) is 1. The third kappa shape index (κ3) is 5.88. The normalized spacial score (nSPS) is 10.2. The summed E-state index contributed by atoms with van der Waals surface area (Å²) in [4.78, 5) is 25.9. The van der Waals surface area contributed by atoms with Crippen LogP contribution in [0.1, 0.15) is 29.6 Å². The van der Waals surface area contributed by atoms with Crippen LogP contribution in [-0.4, -0.2) is 31.8 Å². The van der Waals surface area contributed by atoms with E-state index in [1.54, 1.807) is 12.1 Å². The number of ketones is 1. The molecule has 0 aliphatic heterocycles. The molecule has 24 heavy (non-hydrogen) atoms. The van der Waals surface area contributed by atoms with Gasteiger partial charge in [-0.2, -0.15) is 0 Å². The van der Waals surface area contributed by atoms with Gasteiger partial charge in [0.1, 0.15) is 0 Å². The molecule has 0 saturated carbocycles. The first-order chi connectivity index (χ1) is 11.7. The molecular weight excluding hydrogens is 300 g/mol. The molecule has 2 aromatic carbocycles. The second-order valence-electron chi connectivity index (χ2n) is 5.75. The van der Waals surface area contributed by atoms with Crippen LogP contribution in [0.3, 0.4) is 0 Å². The zero-order chi connectivity index (χ0) is 17.2. The molecule has 0 radical (unpaired) electrons. The predicted molar refractivity (Wildman–Crippen MR) is 97.3 cm³/mol. The van der Waals surface area contributed by atoms with E-state index >= 15 is 0 Å². The monoisotopic (exact) mass is 324 g/mol. The van der Waals surface area contributed by atoms with E-state index in [0.29, 0.717) is 12.1 Å². The first kappa shape index (κ1) is 17.7. The molecular formula is C20H24N2O2. The molecule has 2 aromatic rings. The lowest BCUT2D eigenvalue weighted by atomic mass is 10.1. The maximum Gasteiger partial charge on any atom is 0.220 e. The molecule has 4 nitrogen and oxygen atoms in total. The number of rotatable bonds is 9. The molecule has 0 aliphatic carbocycles. The van der Waals surface area contributed by atoms with Crippen LogP contribution in [0.15, 0.2) is 60.7 Å². The van der Waals surface area contributed by atoms with Gasteiger partial charge >= 0.3 is 0 Å². The van der Waals surface area contributed by atoms with E-state index in [-0.39, 0.29) is 24.5 Å². The molecule has 126 valence electrons. The molecule has 0 bridgehead atoms. The topological polar surface area (TPSA) is 49.4 Å². The molecule has 0 fully saturated rings. The fourth-order valence-corrected chi connectivity index (χ4v) is 2.44. The average molecular weight is 324 g/mol. The first-order valence-electron chi connectivity index (χ1n) is 8.28. The van der Waals surface area contributed by atoms with Crippen molar-refractivity contribution >= 4 is 17.4 Å². The fraction of sp³-hybridized carbons (Fsp3) is 0.300. The van der Waals surface area contributed by atoms with Gasteiger partial charge in [0, 0.05) is 44.2 Å². The standard InChI is InChI=1S/C20H24N2O2/c1-22(18-11-6-3-7-12-18)16-8-15-21-20(24)14-13-19(23)17-9-4-2-5-10-17/h2-7,9-12H,8,13-16H2,1H3,(H,21,24). The van der Waals surface area contributed by atoms with E-state index in [2.05, 4.69) is 22.3 Å². The Kier molecular flexibility index (Phi) is 7.02. The van der Waals surface area contributed by atoms with Crippen molar-refractivity contribution in [1.82, 2.24) is 5.32 Å². The minimum absolute atomic E-state index is 0.00885. The highest BCUT2D eigenvalue weighted by Crippen LogP contribution is 2.10. The van der Waals surface area contributed by atoms with Crippen LogP contribution in [0.2, 0.25) is 0 Å². The Hall–Kier alpha value is -2.62. The fourth-order valence-electron chi connectivity index (χ4n) is 2.44. The first-order valence-corrected chi connectivity index (χ1v) is 8.28.